The molecule has 1 aromatic rings. The van der Waals surface area contributed by atoms with Gasteiger partial charge in [0.05, 0.1) is 6.10 Å². The van der Waals surface area contributed by atoms with Crippen LogP contribution in [-0.4, -0.2) is 52.3 Å². The van der Waals surface area contributed by atoms with Gasteiger partial charge in [0, 0.05) is 13.0 Å². The second-order valence-electron chi connectivity index (χ2n) is 5.73. The number of aryl methyl sites for hydroxylation is 2. The fraction of sp³-hybridized carbons (Fsp3) is 0.500. The van der Waals surface area contributed by atoms with Crippen LogP contribution in [0.4, 0.5) is 0 Å². The van der Waals surface area contributed by atoms with Crippen molar-refractivity contribution in [1.82, 2.24) is 4.90 Å². The van der Waals surface area contributed by atoms with Crippen LogP contribution in [0.1, 0.15) is 23.1 Å². The summed E-state index contributed by atoms with van der Waals surface area (Å²) in [5, 5.41) is 18.7. The Morgan fingerprint density at radius 3 is 2.55 bits per heavy atom. The fourth-order valence-corrected chi connectivity index (χ4v) is 2.69. The first kappa shape index (κ1) is 16.3. The molecule has 1 heterocycles. The summed E-state index contributed by atoms with van der Waals surface area (Å²) in [5.74, 6) is -0.878. The van der Waals surface area contributed by atoms with E-state index in [0.717, 1.165) is 16.7 Å². The molecule has 0 saturated carbocycles. The number of carbonyl (C=O) groups excluding carboxylic acids is 1. The van der Waals surface area contributed by atoms with Crippen molar-refractivity contribution in [3.05, 3.63) is 28.8 Å². The minimum absolute atomic E-state index is 0.0327. The average molecular weight is 307 g/mol. The van der Waals surface area contributed by atoms with Gasteiger partial charge in [0.15, 0.2) is 6.61 Å². The van der Waals surface area contributed by atoms with Gasteiger partial charge in [-0.2, -0.15) is 0 Å². The van der Waals surface area contributed by atoms with Gasteiger partial charge in [-0.1, -0.05) is 12.1 Å². The van der Waals surface area contributed by atoms with E-state index in [2.05, 4.69) is 0 Å². The van der Waals surface area contributed by atoms with E-state index in [-0.39, 0.29) is 19.6 Å². The minimum Gasteiger partial charge on any atom is -0.483 e. The Morgan fingerprint density at radius 1 is 1.27 bits per heavy atom. The zero-order chi connectivity index (χ0) is 16.4. The zero-order valence-corrected chi connectivity index (χ0v) is 13.0. The number of carboxylic acid groups (broad SMARTS) is 1. The van der Waals surface area contributed by atoms with Crippen molar-refractivity contribution in [2.24, 2.45) is 0 Å². The Labute approximate surface area is 129 Å². The molecule has 22 heavy (non-hydrogen) atoms. The van der Waals surface area contributed by atoms with Gasteiger partial charge in [-0.15, -0.1) is 0 Å². The van der Waals surface area contributed by atoms with Crippen LogP contribution in [-0.2, 0) is 9.59 Å². The molecule has 1 aromatic carbocycles. The van der Waals surface area contributed by atoms with Crippen molar-refractivity contribution in [1.29, 1.82) is 0 Å². The standard InChI is InChI=1S/C16H21NO5/c1-9-4-5-10(2)15(11(9)3)22-8-14(19)17-7-12(18)6-13(17)16(20)21/h4-5,12-13,18H,6-8H2,1-3H3,(H,20,21)/t12-,13+/m1/s1. The number of benzene rings is 1. The van der Waals surface area contributed by atoms with Crippen molar-refractivity contribution in [2.45, 2.75) is 39.3 Å². The van der Waals surface area contributed by atoms with Gasteiger partial charge >= 0.3 is 5.97 Å². The van der Waals surface area contributed by atoms with Crippen LogP contribution in [0.3, 0.4) is 0 Å². The topological polar surface area (TPSA) is 87.1 Å². The summed E-state index contributed by atoms with van der Waals surface area (Å²) in [7, 11) is 0. The lowest BCUT2D eigenvalue weighted by Gasteiger charge is -2.22. The number of hydrogen-bond acceptors (Lipinski definition) is 4. The maximum atomic E-state index is 12.2. The van der Waals surface area contributed by atoms with E-state index in [0.29, 0.717) is 5.75 Å². The number of carboxylic acids is 1. The largest absolute Gasteiger partial charge is 0.483 e. The first-order valence-corrected chi connectivity index (χ1v) is 7.21. The normalized spacial score (nSPS) is 21.0. The number of nitrogens with zero attached hydrogens (tertiary/aromatic N) is 1. The van der Waals surface area contributed by atoms with E-state index in [1.165, 1.54) is 4.90 Å². The summed E-state index contributed by atoms with van der Waals surface area (Å²) in [6.07, 6.45) is -0.740. The zero-order valence-electron chi connectivity index (χ0n) is 13.0. The first-order chi connectivity index (χ1) is 10.3. The van der Waals surface area contributed by atoms with Crippen LogP contribution in [0.15, 0.2) is 12.1 Å². The number of aliphatic hydroxyl groups excluding tert-OH is 1. The summed E-state index contributed by atoms with van der Waals surface area (Å²) in [6.45, 7) is 5.57. The van der Waals surface area contributed by atoms with E-state index >= 15 is 0 Å². The third-order valence-electron chi connectivity index (χ3n) is 4.10. The van der Waals surface area contributed by atoms with Gasteiger partial charge in [-0.3, -0.25) is 4.79 Å². The summed E-state index contributed by atoms with van der Waals surface area (Å²) in [5.41, 5.74) is 2.95. The summed E-state index contributed by atoms with van der Waals surface area (Å²) in [4.78, 5) is 24.5. The second-order valence-corrected chi connectivity index (χ2v) is 5.73. The van der Waals surface area contributed by atoms with Gasteiger partial charge in [0.2, 0.25) is 0 Å². The molecule has 2 N–H and O–H groups in total. The molecule has 1 saturated heterocycles. The average Bonchev–Trinajstić information content (AvgIpc) is 2.85. The Morgan fingerprint density at radius 2 is 1.91 bits per heavy atom. The van der Waals surface area contributed by atoms with Gasteiger partial charge in [-0.25, -0.2) is 4.79 Å². The number of aliphatic carboxylic acids is 1. The number of likely N-dealkylation sites (tertiary alicyclic amines) is 1. The second kappa shape index (κ2) is 6.36. The first-order valence-electron chi connectivity index (χ1n) is 7.21. The number of ether oxygens (including phenoxy) is 1. The molecule has 6 heteroatoms. The molecule has 2 rings (SSSR count). The highest BCUT2D eigenvalue weighted by Crippen LogP contribution is 2.26. The van der Waals surface area contributed by atoms with E-state index < -0.39 is 24.0 Å². The van der Waals surface area contributed by atoms with Gasteiger partial charge in [0.25, 0.3) is 5.91 Å². The molecular weight excluding hydrogens is 286 g/mol. The van der Waals surface area contributed by atoms with E-state index in [4.69, 9.17) is 9.84 Å². The molecule has 1 fully saturated rings. The maximum Gasteiger partial charge on any atom is 0.326 e. The van der Waals surface area contributed by atoms with Crippen LogP contribution < -0.4 is 4.74 Å². The van der Waals surface area contributed by atoms with Crippen LogP contribution >= 0.6 is 0 Å². The number of hydrogen-bond donors (Lipinski definition) is 2. The number of amides is 1. The molecule has 0 aromatic heterocycles. The summed E-state index contributed by atoms with van der Waals surface area (Å²) >= 11 is 0. The molecule has 6 nitrogen and oxygen atoms in total. The van der Waals surface area contributed by atoms with Gasteiger partial charge < -0.3 is 19.8 Å². The molecular formula is C16H21NO5. The Hall–Kier alpha value is -2.08. The molecule has 1 aliphatic heterocycles. The van der Waals surface area contributed by atoms with Crippen molar-refractivity contribution in [3.63, 3.8) is 0 Å². The van der Waals surface area contributed by atoms with Gasteiger partial charge in [-0.05, 0) is 37.5 Å². The van der Waals surface area contributed by atoms with Crippen molar-refractivity contribution < 1.29 is 24.5 Å². The molecule has 1 aliphatic rings. The lowest BCUT2D eigenvalue weighted by atomic mass is 10.1. The quantitative estimate of drug-likeness (QED) is 0.868. The molecule has 0 bridgehead atoms. The Balaban J connectivity index is 2.07. The maximum absolute atomic E-state index is 12.2. The number of β-amino-alcohol motifs (C(OH)–C–C–N with tert-alkyl or cyclic N) is 1. The van der Waals surface area contributed by atoms with Crippen molar-refractivity contribution in [3.8, 4) is 5.75 Å². The predicted molar refractivity (Wildman–Crippen MR) is 79.9 cm³/mol. The SMILES string of the molecule is Cc1ccc(C)c(OCC(=O)N2C[C@H](O)C[C@H]2C(=O)O)c1C. The van der Waals surface area contributed by atoms with Crippen LogP contribution in [0.2, 0.25) is 0 Å². The van der Waals surface area contributed by atoms with E-state index in [1.807, 2.05) is 32.9 Å². The summed E-state index contributed by atoms with van der Waals surface area (Å²) in [6, 6.07) is 2.92. The monoisotopic (exact) mass is 307 g/mol. The highest BCUT2D eigenvalue weighted by Gasteiger charge is 2.38. The lowest BCUT2D eigenvalue weighted by Crippen LogP contribution is -2.43. The van der Waals surface area contributed by atoms with Crippen molar-refractivity contribution >= 4 is 11.9 Å². The smallest absolute Gasteiger partial charge is 0.326 e. The fourth-order valence-electron chi connectivity index (χ4n) is 2.69. The van der Waals surface area contributed by atoms with E-state index in [9.17, 15) is 14.7 Å². The molecule has 0 aliphatic carbocycles. The Kier molecular flexibility index (Phi) is 4.71. The van der Waals surface area contributed by atoms with Crippen LogP contribution in [0, 0.1) is 20.8 Å². The lowest BCUT2D eigenvalue weighted by molar-refractivity contribution is -0.149. The van der Waals surface area contributed by atoms with Gasteiger partial charge in [0.1, 0.15) is 11.8 Å². The molecule has 1 amide bonds. The highest BCUT2D eigenvalue weighted by molar-refractivity contribution is 5.85. The molecule has 0 spiro atoms. The van der Waals surface area contributed by atoms with Crippen LogP contribution in [0.5, 0.6) is 5.75 Å². The van der Waals surface area contributed by atoms with E-state index in [1.54, 1.807) is 0 Å². The molecule has 120 valence electrons. The number of aliphatic hydroxyl groups is 1. The summed E-state index contributed by atoms with van der Waals surface area (Å²) < 4.78 is 5.62. The predicted octanol–water partition coefficient (Wildman–Crippen LogP) is 1.04. The molecule has 2 atom stereocenters. The minimum atomic E-state index is -1.10. The number of rotatable bonds is 4. The highest BCUT2D eigenvalue weighted by atomic mass is 16.5. The van der Waals surface area contributed by atoms with Crippen molar-refractivity contribution in [2.75, 3.05) is 13.2 Å². The van der Waals surface area contributed by atoms with Crippen LogP contribution in [0.25, 0.3) is 0 Å². The third-order valence-corrected chi connectivity index (χ3v) is 4.10. The Bertz CT molecular complexity index is 598. The molecule has 0 radical (unpaired) electrons. The number of carbonyl (C=O) groups is 2. The molecule has 0 unspecified atom stereocenters. The third kappa shape index (κ3) is 3.22.